The zero-order valence-electron chi connectivity index (χ0n) is 32.4. The Morgan fingerprint density at radius 3 is 1.21 bits per heavy atom. The van der Waals surface area contributed by atoms with Gasteiger partial charge in [-0.2, -0.15) is 0 Å². The smallest absolute Gasteiger partial charge is 0.408 e. The first-order valence-electron chi connectivity index (χ1n) is 18.3. The molecule has 2 rings (SSSR count). The Hall–Kier alpha value is -4.06. The molecule has 2 aromatic rings. The van der Waals surface area contributed by atoms with Crippen molar-refractivity contribution in [2.24, 2.45) is 0 Å². The molecule has 0 fully saturated rings. The van der Waals surface area contributed by atoms with Gasteiger partial charge < -0.3 is 40.5 Å². The van der Waals surface area contributed by atoms with Gasteiger partial charge in [0.05, 0.1) is 25.3 Å². The number of rotatable bonds is 14. The van der Waals surface area contributed by atoms with Crippen molar-refractivity contribution in [2.45, 2.75) is 142 Å². The normalized spacial score (nSPS) is 13.3. The largest absolute Gasteiger partial charge is 0.444 e. The summed E-state index contributed by atoms with van der Waals surface area (Å²) in [4.78, 5) is 23.5. The molecule has 0 radical (unpaired) electrons. The van der Waals surface area contributed by atoms with E-state index in [0.717, 1.165) is 24.0 Å². The molecule has 4 atom stereocenters. The minimum absolute atomic E-state index is 0.439. The molecule has 6 N–H and O–H groups in total. The summed E-state index contributed by atoms with van der Waals surface area (Å²) in [6.45, 7) is 13.9. The van der Waals surface area contributed by atoms with E-state index in [1.165, 1.54) is 49.7 Å². The maximum absolute atomic E-state index is 11.7. The van der Waals surface area contributed by atoms with Crippen molar-refractivity contribution in [1.82, 2.24) is 10.6 Å². The summed E-state index contributed by atoms with van der Waals surface area (Å²) in [6, 6.07) is 14.0. The highest BCUT2D eigenvalue weighted by molar-refractivity contribution is 5.68. The molecule has 0 spiro atoms. The summed E-state index contributed by atoms with van der Waals surface area (Å²) in [5.74, 6) is 11.1. The highest BCUT2D eigenvalue weighted by atomic mass is 16.6. The number of nitrogens with one attached hydrogen (secondary N) is 2. The van der Waals surface area contributed by atoms with Crippen LogP contribution in [0.4, 0.5) is 9.59 Å². The Kier molecular flexibility index (Phi) is 21.4. The number of carbonyl (C=O) groups excluding carboxylic acids is 2. The Labute approximate surface area is 311 Å². The van der Waals surface area contributed by atoms with E-state index in [-0.39, 0.29) is 0 Å². The molecule has 288 valence electrons. The molecule has 2 aromatic carbocycles. The van der Waals surface area contributed by atoms with Crippen LogP contribution in [0.1, 0.15) is 116 Å². The molecule has 10 nitrogen and oxygen atoms in total. The quantitative estimate of drug-likeness (QED) is 0.102. The van der Waals surface area contributed by atoms with E-state index < -0.39 is 60.9 Å². The van der Waals surface area contributed by atoms with Gasteiger partial charge in [0.1, 0.15) is 23.4 Å². The molecule has 52 heavy (non-hydrogen) atoms. The molecule has 0 aromatic heterocycles. The van der Waals surface area contributed by atoms with Crippen LogP contribution in [-0.2, 0) is 22.3 Å². The number of aliphatic hydroxyl groups is 4. The average molecular weight is 723 g/mol. The van der Waals surface area contributed by atoms with Gasteiger partial charge in [-0.05, 0) is 103 Å². The van der Waals surface area contributed by atoms with Crippen LogP contribution in [0.15, 0.2) is 48.5 Å². The number of aliphatic hydroxyl groups excluding tert-OH is 4. The van der Waals surface area contributed by atoms with Crippen LogP contribution >= 0.6 is 0 Å². The van der Waals surface area contributed by atoms with Crippen LogP contribution in [0.25, 0.3) is 0 Å². The fourth-order valence-corrected chi connectivity index (χ4v) is 4.55. The van der Waals surface area contributed by atoms with Gasteiger partial charge in [-0.3, -0.25) is 0 Å². The predicted molar refractivity (Wildman–Crippen MR) is 206 cm³/mol. The van der Waals surface area contributed by atoms with E-state index in [1.54, 1.807) is 41.5 Å². The fraction of sp³-hybridized carbons (Fsp3) is 0.571. The summed E-state index contributed by atoms with van der Waals surface area (Å²) in [5.41, 5.74) is 2.78. The predicted octanol–water partition coefficient (Wildman–Crippen LogP) is 6.03. The van der Waals surface area contributed by atoms with Crippen molar-refractivity contribution in [3.63, 3.8) is 0 Å². The van der Waals surface area contributed by atoms with Crippen LogP contribution in [0, 0.1) is 23.7 Å². The van der Waals surface area contributed by atoms with Gasteiger partial charge in [-0.15, -0.1) is 0 Å². The number of unbranched alkanes of at least 4 members (excludes halogenated alkanes) is 4. The van der Waals surface area contributed by atoms with Crippen LogP contribution in [-0.4, -0.2) is 81.3 Å². The van der Waals surface area contributed by atoms with Crippen LogP contribution in [0.2, 0.25) is 0 Å². The van der Waals surface area contributed by atoms with Crippen molar-refractivity contribution in [2.75, 3.05) is 13.2 Å². The molecule has 10 heteroatoms. The SMILES string of the molecule is CCCCCc1ccc(C#C[C@H](O)[C@@H](CO)NC(=O)OC(C)(C)C)cc1.CCCCCc1ccc(C#C[C@H](O)[C@@H](CO)NC(=O)OC(C)(C)C)cc1. The number of benzene rings is 2. The van der Waals surface area contributed by atoms with E-state index in [0.29, 0.717) is 0 Å². The summed E-state index contributed by atoms with van der Waals surface area (Å²) in [6.07, 6.45) is 5.50. The van der Waals surface area contributed by atoms with E-state index in [2.05, 4.69) is 48.2 Å². The van der Waals surface area contributed by atoms with E-state index in [4.69, 9.17) is 9.47 Å². The van der Waals surface area contributed by atoms with Crippen molar-refractivity contribution < 1.29 is 39.5 Å². The third kappa shape index (κ3) is 21.3. The van der Waals surface area contributed by atoms with E-state index in [9.17, 15) is 30.0 Å². The Bertz CT molecular complexity index is 1330. The lowest BCUT2D eigenvalue weighted by Gasteiger charge is -2.23. The number of carbonyl (C=O) groups is 2. The van der Waals surface area contributed by atoms with Gasteiger partial charge in [0.15, 0.2) is 0 Å². The van der Waals surface area contributed by atoms with Crippen molar-refractivity contribution in [3.05, 3.63) is 70.8 Å². The standard InChI is InChI=1S/2C21H31NO4/c2*1-5-6-7-8-16-9-11-17(12-10-16)13-14-19(24)18(15-23)22-20(25)26-21(2,3)4/h2*9-12,18-19,23-24H,5-8,15H2,1-4H3,(H,22,25)/t2*18-,19+/m11/s1. The maximum atomic E-state index is 11.7. The minimum atomic E-state index is -1.20. The number of amides is 2. The van der Waals surface area contributed by atoms with Gasteiger partial charge >= 0.3 is 12.2 Å². The first-order chi connectivity index (χ1) is 24.5. The summed E-state index contributed by atoms with van der Waals surface area (Å²) in [7, 11) is 0. The number of aryl methyl sites for hydroxylation is 2. The lowest BCUT2D eigenvalue weighted by Crippen LogP contribution is -2.47. The van der Waals surface area contributed by atoms with Gasteiger partial charge in [-0.1, -0.05) is 87.5 Å². The third-order valence-corrected chi connectivity index (χ3v) is 7.33. The first kappa shape index (κ1) is 46.0. The van der Waals surface area contributed by atoms with Crippen molar-refractivity contribution >= 4 is 12.2 Å². The van der Waals surface area contributed by atoms with Crippen molar-refractivity contribution in [3.8, 4) is 23.7 Å². The Morgan fingerprint density at radius 1 is 0.615 bits per heavy atom. The number of alkyl carbamates (subject to hydrolysis) is 2. The molecule has 0 saturated carbocycles. The molecule has 0 unspecified atom stereocenters. The van der Waals surface area contributed by atoms with Crippen molar-refractivity contribution in [1.29, 1.82) is 0 Å². The third-order valence-electron chi connectivity index (χ3n) is 7.33. The molecule has 0 aliphatic rings. The summed E-state index contributed by atoms with van der Waals surface area (Å²) < 4.78 is 10.2. The maximum Gasteiger partial charge on any atom is 0.408 e. The Morgan fingerprint density at radius 2 is 0.942 bits per heavy atom. The van der Waals surface area contributed by atoms with Crippen LogP contribution < -0.4 is 10.6 Å². The zero-order valence-corrected chi connectivity index (χ0v) is 32.4. The molecular formula is C42H62N2O8. The molecule has 0 aliphatic carbocycles. The second kappa shape index (κ2) is 24.2. The second-order valence-electron chi connectivity index (χ2n) is 14.6. The molecule has 0 aliphatic heterocycles. The van der Waals surface area contributed by atoms with E-state index >= 15 is 0 Å². The molecule has 0 saturated heterocycles. The molecule has 0 bridgehead atoms. The zero-order chi connectivity index (χ0) is 39.2. The van der Waals surface area contributed by atoms with Gasteiger partial charge in [0.2, 0.25) is 0 Å². The molecular weight excluding hydrogens is 660 g/mol. The van der Waals surface area contributed by atoms with Crippen LogP contribution in [0.5, 0.6) is 0 Å². The van der Waals surface area contributed by atoms with Crippen LogP contribution in [0.3, 0.4) is 0 Å². The molecule has 2 amide bonds. The lowest BCUT2D eigenvalue weighted by atomic mass is 10.1. The Balaban J connectivity index is 0.000000520. The number of ether oxygens (including phenoxy) is 2. The van der Waals surface area contributed by atoms with Gasteiger partial charge in [0, 0.05) is 11.1 Å². The lowest BCUT2D eigenvalue weighted by molar-refractivity contribution is 0.0406. The second-order valence-corrected chi connectivity index (χ2v) is 14.6. The van der Waals surface area contributed by atoms with E-state index in [1.807, 2.05) is 48.5 Å². The first-order valence-corrected chi connectivity index (χ1v) is 18.3. The summed E-state index contributed by atoms with van der Waals surface area (Å²) >= 11 is 0. The highest BCUT2D eigenvalue weighted by Crippen LogP contribution is 2.11. The van der Waals surface area contributed by atoms with Gasteiger partial charge in [0.25, 0.3) is 0 Å². The highest BCUT2D eigenvalue weighted by Gasteiger charge is 2.24. The summed E-state index contributed by atoms with van der Waals surface area (Å²) in [5, 5.41) is 43.9. The topological polar surface area (TPSA) is 158 Å². The number of hydrogen-bond acceptors (Lipinski definition) is 8. The molecule has 0 heterocycles. The minimum Gasteiger partial charge on any atom is -0.444 e. The van der Waals surface area contributed by atoms with Gasteiger partial charge in [-0.25, -0.2) is 9.59 Å². The number of hydrogen-bond donors (Lipinski definition) is 6. The monoisotopic (exact) mass is 722 g/mol. The fourth-order valence-electron chi connectivity index (χ4n) is 4.55. The average Bonchev–Trinajstić information content (AvgIpc) is 3.07.